The van der Waals surface area contributed by atoms with Gasteiger partial charge in [0.05, 0.1) is 19.3 Å². The molecule has 3 heterocycles. The molecule has 1 atom stereocenters. The summed E-state index contributed by atoms with van der Waals surface area (Å²) in [5.74, 6) is -0.415. The van der Waals surface area contributed by atoms with E-state index in [4.69, 9.17) is 0 Å². The molecule has 1 aliphatic heterocycles. The summed E-state index contributed by atoms with van der Waals surface area (Å²) in [7, 11) is 0. The van der Waals surface area contributed by atoms with Crippen LogP contribution in [0, 0.1) is 0 Å². The van der Waals surface area contributed by atoms with Gasteiger partial charge >= 0.3 is 6.18 Å². The number of alkyl halides is 3. The van der Waals surface area contributed by atoms with Crippen LogP contribution < -0.4 is 0 Å². The molecule has 0 aliphatic carbocycles. The molecule has 0 radical (unpaired) electrons. The summed E-state index contributed by atoms with van der Waals surface area (Å²) < 4.78 is 44.0. The lowest BCUT2D eigenvalue weighted by Crippen LogP contribution is -2.51. The summed E-state index contributed by atoms with van der Waals surface area (Å²) in [4.78, 5) is 13.5. The Labute approximate surface area is 121 Å². The minimum atomic E-state index is -4.52. The third-order valence-electron chi connectivity index (χ3n) is 3.15. The second-order valence-electron chi connectivity index (χ2n) is 4.54. The van der Waals surface area contributed by atoms with Crippen molar-refractivity contribution in [1.29, 1.82) is 0 Å². The molecule has 2 aromatic rings. The molecule has 1 aliphatic rings. The Bertz CT molecular complexity index is 654. The highest BCUT2D eigenvalue weighted by Gasteiger charge is 2.44. The van der Waals surface area contributed by atoms with Gasteiger partial charge in [0, 0.05) is 6.54 Å². The molecule has 0 spiro atoms. The van der Waals surface area contributed by atoms with Crippen LogP contribution in [0.25, 0.3) is 5.82 Å². The van der Waals surface area contributed by atoms with E-state index in [2.05, 4.69) is 30.5 Å². The highest BCUT2D eigenvalue weighted by atomic mass is 19.4. The van der Waals surface area contributed by atoms with Crippen LogP contribution in [0.15, 0.2) is 12.5 Å². The minimum Gasteiger partial charge on any atom is -0.365 e. The number of nitrogens with one attached hydrogen (secondary N) is 1. The number of ether oxygens (including phenoxy) is 1. The number of H-pyrrole nitrogens is 1. The molecule has 22 heavy (non-hydrogen) atoms. The molecule has 0 unspecified atom stereocenters. The lowest BCUT2D eigenvalue weighted by atomic mass is 10.2. The molecule has 1 fully saturated rings. The summed E-state index contributed by atoms with van der Waals surface area (Å²) in [5, 5.41) is 16.7. The first-order valence-corrected chi connectivity index (χ1v) is 6.21. The molecule has 1 saturated heterocycles. The monoisotopic (exact) mass is 317 g/mol. The number of nitrogens with zero attached hydrogens (tertiary/aromatic N) is 6. The summed E-state index contributed by atoms with van der Waals surface area (Å²) in [5.41, 5.74) is 0.0788. The average molecular weight is 317 g/mol. The van der Waals surface area contributed by atoms with Crippen molar-refractivity contribution in [2.75, 3.05) is 19.7 Å². The van der Waals surface area contributed by atoms with Crippen LogP contribution in [0.5, 0.6) is 0 Å². The number of hydrogen-bond acceptors (Lipinski definition) is 6. The van der Waals surface area contributed by atoms with Gasteiger partial charge in [-0.15, -0.1) is 5.10 Å². The predicted molar refractivity (Wildman–Crippen MR) is 63.0 cm³/mol. The van der Waals surface area contributed by atoms with E-state index in [1.807, 2.05) is 0 Å². The molecular weight excluding hydrogens is 307 g/mol. The van der Waals surface area contributed by atoms with Crippen LogP contribution in [0.4, 0.5) is 13.2 Å². The van der Waals surface area contributed by atoms with Crippen molar-refractivity contribution in [3.8, 4) is 5.82 Å². The normalized spacial score (nSPS) is 19.4. The molecule has 118 valence electrons. The maximum atomic E-state index is 12.7. The van der Waals surface area contributed by atoms with Crippen molar-refractivity contribution < 1.29 is 22.7 Å². The lowest BCUT2D eigenvalue weighted by Gasteiger charge is -2.33. The molecule has 9 nitrogen and oxygen atoms in total. The zero-order chi connectivity index (χ0) is 15.7. The van der Waals surface area contributed by atoms with Crippen molar-refractivity contribution >= 4 is 5.91 Å². The highest BCUT2D eigenvalue weighted by molar-refractivity contribution is 5.97. The van der Waals surface area contributed by atoms with Crippen molar-refractivity contribution in [3.05, 3.63) is 18.1 Å². The van der Waals surface area contributed by atoms with E-state index in [1.165, 1.54) is 17.2 Å². The number of aromatic nitrogens is 6. The standard InChI is InChI=1S/C10H10F3N7O2/c11-10(12,13)7-4-19(1-2-22-7)9(21)6-3-14-16-8(6)20-5-15-17-18-20/h3,5,7H,1-2,4H2,(H,14,16)/t7-/m0/s1. The van der Waals surface area contributed by atoms with E-state index in [9.17, 15) is 18.0 Å². The van der Waals surface area contributed by atoms with Gasteiger partial charge in [-0.2, -0.15) is 23.0 Å². The number of hydrogen-bond donors (Lipinski definition) is 1. The molecule has 0 aromatic carbocycles. The van der Waals surface area contributed by atoms with Gasteiger partial charge in [0.1, 0.15) is 11.9 Å². The number of amides is 1. The number of morpholine rings is 1. The van der Waals surface area contributed by atoms with Crippen LogP contribution in [0.3, 0.4) is 0 Å². The maximum absolute atomic E-state index is 12.7. The second kappa shape index (κ2) is 5.36. The van der Waals surface area contributed by atoms with Gasteiger partial charge in [-0.25, -0.2) is 0 Å². The van der Waals surface area contributed by atoms with Crippen LogP contribution in [0.2, 0.25) is 0 Å². The summed E-state index contributed by atoms with van der Waals surface area (Å²) >= 11 is 0. The highest BCUT2D eigenvalue weighted by Crippen LogP contribution is 2.26. The second-order valence-corrected chi connectivity index (χ2v) is 4.54. The molecule has 0 bridgehead atoms. The lowest BCUT2D eigenvalue weighted by molar-refractivity contribution is -0.233. The fourth-order valence-corrected chi connectivity index (χ4v) is 2.08. The third-order valence-corrected chi connectivity index (χ3v) is 3.15. The van der Waals surface area contributed by atoms with Crippen LogP contribution >= 0.6 is 0 Å². The third kappa shape index (κ3) is 2.64. The SMILES string of the molecule is O=C(c1cn[nH]c1-n1cnnn1)N1CCO[C@H](C(F)(F)F)C1. The van der Waals surface area contributed by atoms with Crippen LogP contribution in [-0.2, 0) is 4.74 Å². The fourth-order valence-electron chi connectivity index (χ4n) is 2.08. The Morgan fingerprint density at radius 1 is 1.45 bits per heavy atom. The van der Waals surface area contributed by atoms with Crippen molar-refractivity contribution in [1.82, 2.24) is 35.3 Å². The minimum absolute atomic E-state index is 0.0612. The molecule has 3 rings (SSSR count). The Morgan fingerprint density at radius 3 is 2.95 bits per heavy atom. The largest absolute Gasteiger partial charge is 0.416 e. The van der Waals surface area contributed by atoms with Crippen molar-refractivity contribution in [2.45, 2.75) is 12.3 Å². The number of halogens is 3. The van der Waals surface area contributed by atoms with E-state index < -0.39 is 24.7 Å². The van der Waals surface area contributed by atoms with E-state index in [0.29, 0.717) is 0 Å². The van der Waals surface area contributed by atoms with Gasteiger partial charge in [-0.3, -0.25) is 9.89 Å². The Hall–Kier alpha value is -2.50. The van der Waals surface area contributed by atoms with Gasteiger partial charge in [0.2, 0.25) is 0 Å². The number of carbonyl (C=O) groups excluding carboxylic acids is 1. The van der Waals surface area contributed by atoms with Gasteiger partial charge in [-0.05, 0) is 10.4 Å². The van der Waals surface area contributed by atoms with Gasteiger partial charge in [0.15, 0.2) is 11.9 Å². The van der Waals surface area contributed by atoms with Crippen molar-refractivity contribution in [2.24, 2.45) is 0 Å². The molecule has 1 amide bonds. The smallest absolute Gasteiger partial charge is 0.365 e. The van der Waals surface area contributed by atoms with E-state index in [0.717, 1.165) is 4.90 Å². The molecular formula is C10H10F3N7O2. The first-order valence-electron chi connectivity index (χ1n) is 6.21. The summed E-state index contributed by atoms with van der Waals surface area (Å²) in [6.07, 6.45) is -4.05. The Kier molecular flexibility index (Phi) is 3.52. The summed E-state index contributed by atoms with van der Waals surface area (Å²) in [6.45, 7) is -0.692. The molecule has 1 N–H and O–H groups in total. The number of tetrazole rings is 1. The summed E-state index contributed by atoms with van der Waals surface area (Å²) in [6, 6.07) is 0. The van der Waals surface area contributed by atoms with Gasteiger partial charge in [-0.1, -0.05) is 0 Å². The van der Waals surface area contributed by atoms with Crippen molar-refractivity contribution in [3.63, 3.8) is 0 Å². The Balaban J connectivity index is 1.82. The zero-order valence-corrected chi connectivity index (χ0v) is 11.0. The van der Waals surface area contributed by atoms with E-state index in [1.54, 1.807) is 0 Å². The quantitative estimate of drug-likeness (QED) is 0.822. The Morgan fingerprint density at radius 2 is 2.27 bits per heavy atom. The van der Waals surface area contributed by atoms with Gasteiger partial charge < -0.3 is 9.64 Å². The molecule has 0 saturated carbocycles. The van der Waals surface area contributed by atoms with E-state index in [-0.39, 0.29) is 24.5 Å². The first-order chi connectivity index (χ1) is 10.5. The van der Waals surface area contributed by atoms with Crippen LogP contribution in [0.1, 0.15) is 10.4 Å². The van der Waals surface area contributed by atoms with Crippen LogP contribution in [-0.4, -0.2) is 73.2 Å². The van der Waals surface area contributed by atoms with Gasteiger partial charge in [0.25, 0.3) is 5.91 Å². The average Bonchev–Trinajstić information content (AvgIpc) is 3.16. The molecule has 12 heteroatoms. The maximum Gasteiger partial charge on any atom is 0.416 e. The number of carbonyl (C=O) groups is 1. The zero-order valence-electron chi connectivity index (χ0n) is 11.0. The number of aromatic amines is 1. The van der Waals surface area contributed by atoms with E-state index >= 15 is 0 Å². The number of rotatable bonds is 2. The first kappa shape index (κ1) is 14.4. The predicted octanol–water partition coefficient (Wildman–Crippen LogP) is -0.211. The fraction of sp³-hybridized carbons (Fsp3) is 0.500. The topological polar surface area (TPSA) is 102 Å². The molecule has 2 aromatic heterocycles.